The van der Waals surface area contributed by atoms with Crippen molar-refractivity contribution in [2.45, 2.75) is 25.7 Å². The van der Waals surface area contributed by atoms with Crippen LogP contribution in [0, 0.1) is 0 Å². The Labute approximate surface area is 125 Å². The lowest BCUT2D eigenvalue weighted by molar-refractivity contribution is -0.117. The number of esters is 1. The summed E-state index contributed by atoms with van der Waals surface area (Å²) in [6, 6.07) is 6.79. The summed E-state index contributed by atoms with van der Waals surface area (Å²) in [6.45, 7) is 2.37. The van der Waals surface area contributed by atoms with E-state index in [0.717, 1.165) is 25.9 Å². The van der Waals surface area contributed by atoms with E-state index in [-0.39, 0.29) is 5.91 Å². The standard InChI is InChI=1S/C16H22N2O3/c1-21-16(20)13-7-6-8-14(11-13)17-15(19)12-18-9-4-2-3-5-10-18/h6-8,11H,2-5,9-10,12H2,1H3,(H,17,19). The van der Waals surface area contributed by atoms with Crippen molar-refractivity contribution in [1.29, 1.82) is 0 Å². The number of benzene rings is 1. The van der Waals surface area contributed by atoms with Crippen LogP contribution >= 0.6 is 0 Å². The number of carbonyl (C=O) groups excluding carboxylic acids is 2. The van der Waals surface area contributed by atoms with E-state index in [0.29, 0.717) is 17.8 Å². The van der Waals surface area contributed by atoms with Gasteiger partial charge >= 0.3 is 5.97 Å². The van der Waals surface area contributed by atoms with E-state index in [1.54, 1.807) is 24.3 Å². The summed E-state index contributed by atoms with van der Waals surface area (Å²) >= 11 is 0. The van der Waals surface area contributed by atoms with Crippen molar-refractivity contribution < 1.29 is 14.3 Å². The van der Waals surface area contributed by atoms with Crippen LogP contribution in [0.25, 0.3) is 0 Å². The summed E-state index contributed by atoms with van der Waals surface area (Å²) in [4.78, 5) is 25.7. The molecular formula is C16H22N2O3. The Morgan fingerprint density at radius 2 is 1.90 bits per heavy atom. The molecule has 1 N–H and O–H groups in total. The molecule has 0 unspecified atom stereocenters. The highest BCUT2D eigenvalue weighted by Crippen LogP contribution is 2.13. The van der Waals surface area contributed by atoms with E-state index < -0.39 is 5.97 Å². The van der Waals surface area contributed by atoms with Gasteiger partial charge in [-0.15, -0.1) is 0 Å². The third kappa shape index (κ3) is 4.86. The van der Waals surface area contributed by atoms with Crippen molar-refractivity contribution in [2.24, 2.45) is 0 Å². The van der Waals surface area contributed by atoms with Gasteiger partial charge in [0, 0.05) is 5.69 Å². The van der Waals surface area contributed by atoms with Gasteiger partial charge in [-0.05, 0) is 44.1 Å². The molecule has 1 aromatic rings. The zero-order valence-electron chi connectivity index (χ0n) is 12.4. The van der Waals surface area contributed by atoms with Gasteiger partial charge in [-0.1, -0.05) is 18.9 Å². The quantitative estimate of drug-likeness (QED) is 0.864. The Hall–Kier alpha value is -1.88. The zero-order chi connectivity index (χ0) is 15.1. The van der Waals surface area contributed by atoms with Crippen molar-refractivity contribution >= 4 is 17.6 Å². The maximum Gasteiger partial charge on any atom is 0.337 e. The second kappa shape index (κ2) is 7.78. The molecule has 21 heavy (non-hydrogen) atoms. The second-order valence-corrected chi connectivity index (χ2v) is 5.31. The number of nitrogens with zero attached hydrogens (tertiary/aromatic N) is 1. The molecular weight excluding hydrogens is 268 g/mol. The van der Waals surface area contributed by atoms with Crippen LogP contribution in [0.15, 0.2) is 24.3 Å². The molecule has 1 aliphatic heterocycles. The normalized spacial score (nSPS) is 16.0. The molecule has 0 aliphatic carbocycles. The lowest BCUT2D eigenvalue weighted by Gasteiger charge is -2.19. The number of hydrogen-bond acceptors (Lipinski definition) is 4. The molecule has 0 saturated carbocycles. The van der Waals surface area contributed by atoms with Crippen LogP contribution in [-0.2, 0) is 9.53 Å². The van der Waals surface area contributed by atoms with Gasteiger partial charge in [-0.2, -0.15) is 0 Å². The van der Waals surface area contributed by atoms with Gasteiger partial charge in [0.25, 0.3) is 0 Å². The van der Waals surface area contributed by atoms with Gasteiger partial charge in [0.1, 0.15) is 0 Å². The molecule has 0 aromatic heterocycles. The smallest absolute Gasteiger partial charge is 0.337 e. The van der Waals surface area contributed by atoms with E-state index >= 15 is 0 Å². The molecule has 1 fully saturated rings. The number of hydrogen-bond donors (Lipinski definition) is 1. The van der Waals surface area contributed by atoms with Crippen LogP contribution in [-0.4, -0.2) is 43.5 Å². The van der Waals surface area contributed by atoms with E-state index in [9.17, 15) is 9.59 Å². The SMILES string of the molecule is COC(=O)c1cccc(NC(=O)CN2CCCCCC2)c1. The first-order chi connectivity index (χ1) is 10.2. The van der Waals surface area contributed by atoms with Gasteiger partial charge < -0.3 is 10.1 Å². The number of methoxy groups -OCH3 is 1. The molecule has 5 nitrogen and oxygen atoms in total. The number of anilines is 1. The highest BCUT2D eigenvalue weighted by atomic mass is 16.5. The van der Waals surface area contributed by atoms with Crippen molar-refractivity contribution in [3.05, 3.63) is 29.8 Å². The highest BCUT2D eigenvalue weighted by molar-refractivity contribution is 5.95. The third-order valence-electron chi connectivity index (χ3n) is 3.63. The Kier molecular flexibility index (Phi) is 5.75. The first-order valence-electron chi connectivity index (χ1n) is 7.39. The molecule has 1 aromatic carbocycles. The van der Waals surface area contributed by atoms with Crippen LogP contribution in [0.1, 0.15) is 36.0 Å². The van der Waals surface area contributed by atoms with Crippen LogP contribution in [0.4, 0.5) is 5.69 Å². The monoisotopic (exact) mass is 290 g/mol. The van der Waals surface area contributed by atoms with Crippen molar-refractivity contribution in [3.8, 4) is 0 Å². The van der Waals surface area contributed by atoms with E-state index in [4.69, 9.17) is 0 Å². The fourth-order valence-corrected chi connectivity index (χ4v) is 2.54. The van der Waals surface area contributed by atoms with Crippen molar-refractivity contribution in [1.82, 2.24) is 4.90 Å². The summed E-state index contributed by atoms with van der Waals surface area (Å²) in [5, 5.41) is 2.84. The molecule has 2 rings (SSSR count). The van der Waals surface area contributed by atoms with E-state index in [1.165, 1.54) is 20.0 Å². The first kappa shape index (κ1) is 15.5. The van der Waals surface area contributed by atoms with Crippen LogP contribution in [0.5, 0.6) is 0 Å². The second-order valence-electron chi connectivity index (χ2n) is 5.31. The number of rotatable bonds is 4. The van der Waals surface area contributed by atoms with Crippen molar-refractivity contribution in [2.75, 3.05) is 32.1 Å². The molecule has 5 heteroatoms. The van der Waals surface area contributed by atoms with Crippen LogP contribution < -0.4 is 5.32 Å². The van der Waals surface area contributed by atoms with Gasteiger partial charge in [0.05, 0.1) is 19.2 Å². The largest absolute Gasteiger partial charge is 0.465 e. The summed E-state index contributed by atoms with van der Waals surface area (Å²) in [6.07, 6.45) is 4.81. The van der Waals surface area contributed by atoms with Crippen LogP contribution in [0.3, 0.4) is 0 Å². The highest BCUT2D eigenvalue weighted by Gasteiger charge is 2.13. The third-order valence-corrected chi connectivity index (χ3v) is 3.63. The predicted molar refractivity (Wildman–Crippen MR) is 81.3 cm³/mol. The Morgan fingerprint density at radius 1 is 1.19 bits per heavy atom. The molecule has 1 saturated heterocycles. The molecule has 1 aliphatic rings. The topological polar surface area (TPSA) is 58.6 Å². The molecule has 0 spiro atoms. The molecule has 114 valence electrons. The number of ether oxygens (including phenoxy) is 1. The average Bonchev–Trinajstić information content (AvgIpc) is 2.75. The predicted octanol–water partition coefficient (Wildman–Crippen LogP) is 2.29. The minimum Gasteiger partial charge on any atom is -0.465 e. The average molecular weight is 290 g/mol. The number of likely N-dealkylation sites (tertiary alicyclic amines) is 1. The zero-order valence-corrected chi connectivity index (χ0v) is 12.4. The summed E-state index contributed by atoms with van der Waals surface area (Å²) in [7, 11) is 1.34. The van der Waals surface area contributed by atoms with Crippen molar-refractivity contribution in [3.63, 3.8) is 0 Å². The lowest BCUT2D eigenvalue weighted by atomic mass is 10.2. The Bertz CT molecular complexity index is 494. The minimum atomic E-state index is -0.404. The number of amides is 1. The van der Waals surface area contributed by atoms with Gasteiger partial charge in [0.15, 0.2) is 0 Å². The fraction of sp³-hybridized carbons (Fsp3) is 0.500. The molecule has 0 atom stereocenters. The summed E-state index contributed by atoms with van der Waals surface area (Å²) in [5.74, 6) is -0.447. The van der Waals surface area contributed by atoms with E-state index in [2.05, 4.69) is 15.0 Å². The molecule has 0 bridgehead atoms. The minimum absolute atomic E-state index is 0.0427. The maximum atomic E-state index is 12.1. The maximum absolute atomic E-state index is 12.1. The summed E-state index contributed by atoms with van der Waals surface area (Å²) in [5.41, 5.74) is 1.06. The number of carbonyl (C=O) groups is 2. The Morgan fingerprint density at radius 3 is 2.57 bits per heavy atom. The lowest BCUT2D eigenvalue weighted by Crippen LogP contribution is -2.33. The van der Waals surface area contributed by atoms with Gasteiger partial charge in [-0.25, -0.2) is 4.79 Å². The summed E-state index contributed by atoms with van der Waals surface area (Å²) < 4.78 is 4.67. The van der Waals surface area contributed by atoms with Gasteiger partial charge in [-0.3, -0.25) is 9.69 Å². The van der Waals surface area contributed by atoms with Crippen LogP contribution in [0.2, 0.25) is 0 Å². The Balaban J connectivity index is 1.91. The number of nitrogens with one attached hydrogen (secondary N) is 1. The van der Waals surface area contributed by atoms with E-state index in [1.807, 2.05) is 0 Å². The molecule has 1 amide bonds. The molecule has 1 heterocycles. The first-order valence-corrected chi connectivity index (χ1v) is 7.39. The fourth-order valence-electron chi connectivity index (χ4n) is 2.54. The molecule has 0 radical (unpaired) electrons. The van der Waals surface area contributed by atoms with Gasteiger partial charge in [0.2, 0.25) is 5.91 Å².